The average molecular weight is 282 g/mol. The molecule has 0 aromatic carbocycles. The Balaban J connectivity index is 3.71. The fourth-order valence-electron chi connectivity index (χ4n) is 1.04. The van der Waals surface area contributed by atoms with Gasteiger partial charge in [-0.2, -0.15) is 0 Å². The van der Waals surface area contributed by atoms with Gasteiger partial charge in [0.2, 0.25) is 10.0 Å². The number of nitrogens with two attached hydrogens (primary N) is 1. The Morgan fingerprint density at radius 2 is 2.00 bits per heavy atom. The van der Waals surface area contributed by atoms with Gasteiger partial charge in [0.25, 0.3) is 0 Å². The number of nitrogens with one attached hydrogen (secondary N) is 1. The maximum atomic E-state index is 11.4. The van der Waals surface area contributed by atoms with Gasteiger partial charge in [0.05, 0.1) is 24.3 Å². The zero-order valence-electron chi connectivity index (χ0n) is 9.77. The molecule has 0 aliphatic rings. The molecule has 17 heavy (non-hydrogen) atoms. The van der Waals surface area contributed by atoms with Crippen LogP contribution < -0.4 is 10.5 Å². The van der Waals surface area contributed by atoms with Crippen LogP contribution in [-0.2, 0) is 19.6 Å². The van der Waals surface area contributed by atoms with Crippen LogP contribution in [0.25, 0.3) is 0 Å². The van der Waals surface area contributed by atoms with E-state index in [9.17, 15) is 13.2 Å². The molecule has 0 saturated heterocycles. The normalized spacial score (nSPS) is 11.1. The molecule has 0 aliphatic heterocycles. The smallest absolute Gasteiger partial charge is 0.306 e. The first-order chi connectivity index (χ1) is 7.87. The molecule has 0 aromatic heterocycles. The van der Waals surface area contributed by atoms with Gasteiger partial charge >= 0.3 is 5.97 Å². The van der Waals surface area contributed by atoms with Crippen LogP contribution in [0.5, 0.6) is 0 Å². The van der Waals surface area contributed by atoms with Crippen molar-refractivity contribution in [3.63, 3.8) is 0 Å². The van der Waals surface area contributed by atoms with E-state index >= 15 is 0 Å². The van der Waals surface area contributed by atoms with Crippen LogP contribution in [0.4, 0.5) is 0 Å². The number of carbonyl (C=O) groups is 1. The molecule has 100 valence electrons. The van der Waals surface area contributed by atoms with Crippen molar-refractivity contribution in [2.24, 2.45) is 5.73 Å². The maximum Gasteiger partial charge on any atom is 0.306 e. The minimum absolute atomic E-state index is 0.140. The molecule has 0 radical (unpaired) electrons. The number of rotatable bonds is 9. The van der Waals surface area contributed by atoms with Crippen LogP contribution in [0.3, 0.4) is 0 Å². The van der Waals surface area contributed by atoms with E-state index in [4.69, 9.17) is 5.73 Å². The third-order valence-corrected chi connectivity index (χ3v) is 3.56. The number of methoxy groups -OCH3 is 1. The zero-order valence-corrected chi connectivity index (χ0v) is 11.4. The van der Waals surface area contributed by atoms with Crippen molar-refractivity contribution in [1.29, 1.82) is 0 Å². The van der Waals surface area contributed by atoms with Gasteiger partial charge < -0.3 is 10.5 Å². The summed E-state index contributed by atoms with van der Waals surface area (Å²) >= 11 is 4.69. The average Bonchev–Trinajstić information content (AvgIpc) is 2.25. The lowest BCUT2D eigenvalue weighted by molar-refractivity contribution is -0.140. The van der Waals surface area contributed by atoms with Gasteiger partial charge in [-0.3, -0.25) is 4.79 Å². The Morgan fingerprint density at radius 1 is 1.35 bits per heavy atom. The highest BCUT2D eigenvalue weighted by atomic mass is 32.2. The Kier molecular flexibility index (Phi) is 8.01. The molecule has 0 fully saturated rings. The number of thiocarbonyl (C=S) groups is 1. The molecule has 0 rings (SSSR count). The van der Waals surface area contributed by atoms with E-state index in [1.807, 2.05) is 0 Å². The van der Waals surface area contributed by atoms with Crippen LogP contribution in [0.2, 0.25) is 0 Å². The van der Waals surface area contributed by atoms with E-state index in [1.54, 1.807) is 0 Å². The topological polar surface area (TPSA) is 98.5 Å². The van der Waals surface area contributed by atoms with Gasteiger partial charge in [-0.25, -0.2) is 13.1 Å². The molecule has 0 aromatic rings. The van der Waals surface area contributed by atoms with E-state index < -0.39 is 16.0 Å². The SMILES string of the molecule is COC(=O)CCS(=O)(=O)NCCCCC(N)=S. The molecular formula is C9H18N2O4S2. The molecule has 3 N–H and O–H groups in total. The van der Waals surface area contributed by atoms with Crippen molar-refractivity contribution in [2.45, 2.75) is 25.7 Å². The van der Waals surface area contributed by atoms with Crippen molar-refractivity contribution in [3.8, 4) is 0 Å². The molecule has 6 nitrogen and oxygen atoms in total. The van der Waals surface area contributed by atoms with Gasteiger partial charge in [0, 0.05) is 6.54 Å². The predicted molar refractivity (Wildman–Crippen MR) is 69.1 cm³/mol. The second kappa shape index (κ2) is 8.37. The quantitative estimate of drug-likeness (QED) is 0.349. The summed E-state index contributed by atoms with van der Waals surface area (Å²) in [4.78, 5) is 11.2. The lowest BCUT2D eigenvalue weighted by atomic mass is 10.2. The fourth-order valence-corrected chi connectivity index (χ4v) is 2.22. The highest BCUT2D eigenvalue weighted by Crippen LogP contribution is 1.96. The van der Waals surface area contributed by atoms with Crippen molar-refractivity contribution in [3.05, 3.63) is 0 Å². The third kappa shape index (κ3) is 10.2. The first-order valence-electron chi connectivity index (χ1n) is 5.20. The minimum Gasteiger partial charge on any atom is -0.469 e. The lowest BCUT2D eigenvalue weighted by Crippen LogP contribution is -2.28. The number of ether oxygens (including phenoxy) is 1. The molecule has 0 saturated carbocycles. The summed E-state index contributed by atoms with van der Waals surface area (Å²) in [5.74, 6) is -0.793. The number of sulfonamides is 1. The van der Waals surface area contributed by atoms with E-state index in [0.717, 1.165) is 6.42 Å². The number of esters is 1. The Hall–Kier alpha value is -0.730. The van der Waals surface area contributed by atoms with Gasteiger partial charge in [0.1, 0.15) is 0 Å². The molecule has 0 heterocycles. The van der Waals surface area contributed by atoms with E-state index in [2.05, 4.69) is 21.7 Å². The van der Waals surface area contributed by atoms with Crippen LogP contribution in [0.15, 0.2) is 0 Å². The summed E-state index contributed by atoms with van der Waals surface area (Å²) in [5.41, 5.74) is 5.30. The molecule has 0 spiro atoms. The van der Waals surface area contributed by atoms with E-state index in [-0.39, 0.29) is 12.2 Å². The van der Waals surface area contributed by atoms with Crippen molar-refractivity contribution < 1.29 is 17.9 Å². The second-order valence-corrected chi connectivity index (χ2v) is 5.91. The zero-order chi connectivity index (χ0) is 13.3. The molecular weight excluding hydrogens is 264 g/mol. The number of carbonyl (C=O) groups excluding carboxylic acids is 1. The predicted octanol–water partition coefficient (Wildman–Crippen LogP) is -0.0747. The number of unbranched alkanes of at least 4 members (excludes halogenated alkanes) is 1. The molecule has 8 heteroatoms. The van der Waals surface area contributed by atoms with Crippen molar-refractivity contribution >= 4 is 33.2 Å². The van der Waals surface area contributed by atoms with Gasteiger partial charge in [-0.1, -0.05) is 12.2 Å². The summed E-state index contributed by atoms with van der Waals surface area (Å²) in [5, 5.41) is 0. The lowest BCUT2D eigenvalue weighted by Gasteiger charge is -2.05. The highest BCUT2D eigenvalue weighted by Gasteiger charge is 2.12. The molecule has 0 aliphatic carbocycles. The number of hydrogen-bond donors (Lipinski definition) is 2. The third-order valence-electron chi connectivity index (χ3n) is 1.97. The van der Waals surface area contributed by atoms with E-state index in [1.165, 1.54) is 7.11 Å². The van der Waals surface area contributed by atoms with Gasteiger partial charge in [-0.05, 0) is 19.3 Å². The largest absolute Gasteiger partial charge is 0.469 e. The first-order valence-corrected chi connectivity index (χ1v) is 7.26. The fraction of sp³-hybridized carbons (Fsp3) is 0.778. The maximum absolute atomic E-state index is 11.4. The standard InChI is InChI=1S/C9H18N2O4S2/c1-15-9(12)5-7-17(13,14)11-6-3-2-4-8(10)16/h11H,2-7H2,1H3,(H2,10,16). The Bertz CT molecular complexity index is 354. The van der Waals surface area contributed by atoms with Crippen molar-refractivity contribution in [1.82, 2.24) is 4.72 Å². The Morgan fingerprint density at radius 3 is 2.53 bits per heavy atom. The van der Waals surface area contributed by atoms with Crippen LogP contribution in [0.1, 0.15) is 25.7 Å². The summed E-state index contributed by atoms with van der Waals surface area (Å²) in [6.07, 6.45) is 1.88. The van der Waals surface area contributed by atoms with Gasteiger partial charge in [0.15, 0.2) is 0 Å². The number of hydrogen-bond acceptors (Lipinski definition) is 5. The summed E-state index contributed by atoms with van der Waals surface area (Å²) < 4.78 is 29.5. The second-order valence-electron chi connectivity index (χ2n) is 3.46. The molecule has 0 amide bonds. The summed E-state index contributed by atoms with van der Waals surface area (Å²) in [7, 11) is -2.18. The highest BCUT2D eigenvalue weighted by molar-refractivity contribution is 7.89. The summed E-state index contributed by atoms with van der Waals surface area (Å²) in [6.45, 7) is 0.326. The first kappa shape index (κ1) is 16.3. The van der Waals surface area contributed by atoms with Crippen molar-refractivity contribution in [2.75, 3.05) is 19.4 Å². The van der Waals surface area contributed by atoms with Gasteiger partial charge in [-0.15, -0.1) is 0 Å². The minimum atomic E-state index is -3.40. The Labute approximate surface area is 107 Å². The van der Waals surface area contributed by atoms with E-state index in [0.29, 0.717) is 24.4 Å². The van der Waals surface area contributed by atoms with Crippen LogP contribution in [0, 0.1) is 0 Å². The monoisotopic (exact) mass is 282 g/mol. The van der Waals surface area contributed by atoms with Crippen LogP contribution >= 0.6 is 12.2 Å². The molecule has 0 atom stereocenters. The molecule has 0 bridgehead atoms. The van der Waals surface area contributed by atoms with Crippen LogP contribution in [-0.4, -0.2) is 38.8 Å². The molecule has 0 unspecified atom stereocenters. The summed E-state index contributed by atoms with van der Waals surface area (Å²) in [6, 6.07) is 0.